The van der Waals surface area contributed by atoms with Gasteiger partial charge in [-0.15, -0.1) is 11.3 Å². The highest BCUT2D eigenvalue weighted by Crippen LogP contribution is 2.23. The van der Waals surface area contributed by atoms with Gasteiger partial charge in [0.05, 0.1) is 18.5 Å². The molecule has 5 heteroatoms. The van der Waals surface area contributed by atoms with E-state index in [2.05, 4.69) is 27.6 Å². The molecule has 0 amide bonds. The summed E-state index contributed by atoms with van der Waals surface area (Å²) in [5.74, 6) is 0. The molecular formula is C17H14ClN3S. The van der Waals surface area contributed by atoms with Crippen molar-refractivity contribution in [3.63, 3.8) is 0 Å². The molecule has 0 unspecified atom stereocenters. The molecule has 1 N–H and O–H groups in total. The lowest BCUT2D eigenvalue weighted by molar-refractivity contribution is 0.734. The van der Waals surface area contributed by atoms with Gasteiger partial charge in [-0.3, -0.25) is 0 Å². The molecule has 22 heavy (non-hydrogen) atoms. The van der Waals surface area contributed by atoms with E-state index < -0.39 is 0 Å². The average molecular weight is 328 g/mol. The molecule has 0 atom stereocenters. The third kappa shape index (κ3) is 3.93. The summed E-state index contributed by atoms with van der Waals surface area (Å²) in [5, 5.41) is 7.99. The lowest BCUT2D eigenvalue weighted by Crippen LogP contribution is -2.05. The molecule has 1 aromatic heterocycles. The topological polar surface area (TPSA) is 37.3 Å². The maximum absolute atomic E-state index is 5.84. The van der Waals surface area contributed by atoms with Crippen LogP contribution in [0.2, 0.25) is 5.02 Å². The predicted molar refractivity (Wildman–Crippen MR) is 93.4 cm³/mol. The molecule has 1 heterocycles. The molecule has 0 saturated carbocycles. The molecule has 110 valence electrons. The Hall–Kier alpha value is -2.17. The summed E-state index contributed by atoms with van der Waals surface area (Å²) in [6, 6.07) is 17.7. The fourth-order valence-electron chi connectivity index (χ4n) is 1.90. The fourth-order valence-corrected chi connectivity index (χ4v) is 2.85. The van der Waals surface area contributed by atoms with Gasteiger partial charge in [-0.05, 0) is 17.7 Å². The Bertz CT molecular complexity index is 751. The van der Waals surface area contributed by atoms with Crippen molar-refractivity contribution in [1.29, 1.82) is 0 Å². The molecule has 3 rings (SSSR count). The summed E-state index contributed by atoms with van der Waals surface area (Å²) in [7, 11) is 0. The molecule has 0 fully saturated rings. The van der Waals surface area contributed by atoms with E-state index in [-0.39, 0.29) is 0 Å². The van der Waals surface area contributed by atoms with Crippen LogP contribution in [0, 0.1) is 0 Å². The van der Waals surface area contributed by atoms with Crippen LogP contribution in [-0.2, 0) is 6.54 Å². The third-order valence-corrected chi connectivity index (χ3v) is 4.20. The lowest BCUT2D eigenvalue weighted by atomic mass is 10.2. The molecule has 0 saturated heterocycles. The Morgan fingerprint density at radius 3 is 2.64 bits per heavy atom. The van der Waals surface area contributed by atoms with Crippen molar-refractivity contribution in [2.75, 3.05) is 0 Å². The van der Waals surface area contributed by atoms with Crippen LogP contribution in [0.3, 0.4) is 0 Å². The average Bonchev–Trinajstić information content (AvgIpc) is 3.03. The summed E-state index contributed by atoms with van der Waals surface area (Å²) in [4.78, 5) is 4.60. The van der Waals surface area contributed by atoms with E-state index in [0.29, 0.717) is 6.54 Å². The Labute approximate surface area is 138 Å². The molecule has 0 bridgehead atoms. The van der Waals surface area contributed by atoms with E-state index in [1.54, 1.807) is 17.6 Å². The Kier molecular flexibility index (Phi) is 4.83. The van der Waals surface area contributed by atoms with E-state index in [1.807, 2.05) is 47.8 Å². The number of hydrogen-bond acceptors (Lipinski definition) is 4. The zero-order valence-corrected chi connectivity index (χ0v) is 13.3. The van der Waals surface area contributed by atoms with E-state index in [0.717, 1.165) is 26.9 Å². The zero-order chi connectivity index (χ0) is 15.2. The number of thiazole rings is 1. The minimum atomic E-state index is 0.605. The quantitative estimate of drug-likeness (QED) is 0.550. The van der Waals surface area contributed by atoms with Gasteiger partial charge < -0.3 is 5.43 Å². The van der Waals surface area contributed by atoms with Crippen LogP contribution >= 0.6 is 22.9 Å². The Morgan fingerprint density at radius 1 is 1.09 bits per heavy atom. The van der Waals surface area contributed by atoms with E-state index in [1.165, 1.54) is 0 Å². The van der Waals surface area contributed by atoms with Gasteiger partial charge in [0.15, 0.2) is 0 Å². The number of halogens is 1. The van der Waals surface area contributed by atoms with Gasteiger partial charge in [-0.25, -0.2) is 4.98 Å². The van der Waals surface area contributed by atoms with Crippen LogP contribution in [0.5, 0.6) is 0 Å². The highest BCUT2D eigenvalue weighted by Gasteiger charge is 2.03. The SMILES string of the molecule is Clc1ccc(C=NNCc2csc(-c3ccccc3)n2)cc1. The number of hydrogen-bond donors (Lipinski definition) is 1. The maximum Gasteiger partial charge on any atom is 0.123 e. The highest BCUT2D eigenvalue weighted by molar-refractivity contribution is 7.13. The number of hydrazone groups is 1. The summed E-state index contributed by atoms with van der Waals surface area (Å²) in [6.07, 6.45) is 1.76. The second kappa shape index (κ2) is 7.20. The van der Waals surface area contributed by atoms with Crippen LogP contribution < -0.4 is 5.43 Å². The van der Waals surface area contributed by atoms with Crippen LogP contribution in [0.25, 0.3) is 10.6 Å². The van der Waals surface area contributed by atoms with Crippen molar-refractivity contribution in [3.05, 3.63) is 76.3 Å². The molecule has 0 aliphatic heterocycles. The second-order valence-electron chi connectivity index (χ2n) is 4.65. The molecule has 3 aromatic rings. The van der Waals surface area contributed by atoms with Gasteiger partial charge in [-0.1, -0.05) is 54.1 Å². The number of nitrogens with zero attached hydrogens (tertiary/aromatic N) is 2. The van der Waals surface area contributed by atoms with Crippen LogP contribution in [-0.4, -0.2) is 11.2 Å². The van der Waals surface area contributed by atoms with Crippen molar-refractivity contribution in [2.24, 2.45) is 5.10 Å². The van der Waals surface area contributed by atoms with Gasteiger partial charge in [0, 0.05) is 16.0 Å². The normalized spacial score (nSPS) is 11.0. The lowest BCUT2D eigenvalue weighted by Gasteiger charge is -1.97. The Morgan fingerprint density at radius 2 is 1.86 bits per heavy atom. The highest BCUT2D eigenvalue weighted by atomic mass is 35.5. The maximum atomic E-state index is 5.84. The van der Waals surface area contributed by atoms with E-state index in [4.69, 9.17) is 11.6 Å². The smallest absolute Gasteiger partial charge is 0.123 e. The van der Waals surface area contributed by atoms with Crippen molar-refractivity contribution in [2.45, 2.75) is 6.54 Å². The summed E-state index contributed by atoms with van der Waals surface area (Å²) >= 11 is 7.48. The van der Waals surface area contributed by atoms with Gasteiger partial charge in [0.1, 0.15) is 5.01 Å². The predicted octanol–water partition coefficient (Wildman–Crippen LogP) is 4.59. The number of aromatic nitrogens is 1. The van der Waals surface area contributed by atoms with Crippen molar-refractivity contribution < 1.29 is 0 Å². The van der Waals surface area contributed by atoms with Crippen molar-refractivity contribution >= 4 is 29.2 Å². The monoisotopic (exact) mass is 327 g/mol. The van der Waals surface area contributed by atoms with E-state index >= 15 is 0 Å². The molecule has 0 radical (unpaired) electrons. The van der Waals surface area contributed by atoms with Gasteiger partial charge >= 0.3 is 0 Å². The van der Waals surface area contributed by atoms with Gasteiger partial charge in [0.2, 0.25) is 0 Å². The molecule has 0 spiro atoms. The molecule has 0 aliphatic rings. The van der Waals surface area contributed by atoms with Crippen molar-refractivity contribution in [1.82, 2.24) is 10.4 Å². The summed E-state index contributed by atoms with van der Waals surface area (Å²) in [5.41, 5.74) is 6.14. The minimum absolute atomic E-state index is 0.605. The largest absolute Gasteiger partial charge is 0.304 e. The van der Waals surface area contributed by atoms with Gasteiger partial charge in [0.25, 0.3) is 0 Å². The van der Waals surface area contributed by atoms with Crippen LogP contribution in [0.4, 0.5) is 0 Å². The minimum Gasteiger partial charge on any atom is -0.304 e. The summed E-state index contributed by atoms with van der Waals surface area (Å²) in [6.45, 7) is 0.605. The molecule has 2 aromatic carbocycles. The number of nitrogens with one attached hydrogen (secondary N) is 1. The number of benzene rings is 2. The van der Waals surface area contributed by atoms with Crippen LogP contribution in [0.1, 0.15) is 11.3 Å². The molecule has 3 nitrogen and oxygen atoms in total. The molecular weight excluding hydrogens is 314 g/mol. The van der Waals surface area contributed by atoms with Crippen molar-refractivity contribution in [3.8, 4) is 10.6 Å². The standard InChI is InChI=1S/C17H14ClN3S/c18-15-8-6-13(7-9-15)10-19-20-11-16-12-22-17(21-16)14-4-2-1-3-5-14/h1-10,12,20H,11H2. The zero-order valence-electron chi connectivity index (χ0n) is 11.7. The third-order valence-electron chi connectivity index (χ3n) is 3.01. The van der Waals surface area contributed by atoms with Crippen LogP contribution in [0.15, 0.2) is 65.1 Å². The first kappa shape index (κ1) is 14.8. The second-order valence-corrected chi connectivity index (χ2v) is 5.95. The Balaban J connectivity index is 1.56. The fraction of sp³-hybridized carbons (Fsp3) is 0.0588. The first-order valence-electron chi connectivity index (χ1n) is 6.82. The number of rotatable bonds is 5. The van der Waals surface area contributed by atoms with E-state index in [9.17, 15) is 0 Å². The molecule has 0 aliphatic carbocycles. The summed E-state index contributed by atoms with van der Waals surface area (Å²) < 4.78 is 0. The first-order chi connectivity index (χ1) is 10.8. The van der Waals surface area contributed by atoms with Gasteiger partial charge in [-0.2, -0.15) is 5.10 Å². The first-order valence-corrected chi connectivity index (χ1v) is 8.08.